The van der Waals surface area contributed by atoms with Crippen molar-refractivity contribution in [2.45, 2.75) is 12.5 Å². The van der Waals surface area contributed by atoms with Crippen molar-refractivity contribution in [3.8, 4) is 0 Å². The Morgan fingerprint density at radius 3 is 2.87 bits per heavy atom. The first-order valence-corrected chi connectivity index (χ1v) is 4.93. The zero-order chi connectivity index (χ0) is 11.1. The van der Waals surface area contributed by atoms with Gasteiger partial charge in [-0.3, -0.25) is 4.99 Å². The van der Waals surface area contributed by atoms with Crippen LogP contribution in [0.15, 0.2) is 23.2 Å². The van der Waals surface area contributed by atoms with Crippen molar-refractivity contribution >= 4 is 17.6 Å². The van der Waals surface area contributed by atoms with Crippen LogP contribution in [0.25, 0.3) is 0 Å². The van der Waals surface area contributed by atoms with Crippen LogP contribution in [0.5, 0.6) is 0 Å². The number of nitrogens with zero attached hydrogens (tertiary/aromatic N) is 1. The highest BCUT2D eigenvalue weighted by Gasteiger charge is 2.31. The summed E-state index contributed by atoms with van der Waals surface area (Å²) in [5, 5.41) is 3.15. The summed E-state index contributed by atoms with van der Waals surface area (Å²) in [7, 11) is 0. The molecule has 1 unspecified atom stereocenters. The largest absolute Gasteiger partial charge is 0.370 e. The molecule has 0 aromatic heterocycles. The molecule has 0 spiro atoms. The normalized spacial score (nSPS) is 24.9. The van der Waals surface area contributed by atoms with E-state index in [4.69, 9.17) is 17.3 Å². The van der Waals surface area contributed by atoms with Gasteiger partial charge in [-0.05, 0) is 24.6 Å². The maximum atomic E-state index is 13.0. The van der Waals surface area contributed by atoms with Crippen molar-refractivity contribution in [3.05, 3.63) is 34.6 Å². The number of nitrogens with one attached hydrogen (secondary N) is 1. The lowest BCUT2D eigenvalue weighted by atomic mass is 9.93. The van der Waals surface area contributed by atoms with Crippen molar-refractivity contribution in [2.75, 3.05) is 6.54 Å². The second kappa shape index (κ2) is 3.38. The van der Waals surface area contributed by atoms with Crippen LogP contribution in [0, 0.1) is 5.82 Å². The summed E-state index contributed by atoms with van der Waals surface area (Å²) < 4.78 is 13.0. The molecule has 5 heteroatoms. The van der Waals surface area contributed by atoms with Crippen LogP contribution < -0.4 is 11.1 Å². The zero-order valence-corrected chi connectivity index (χ0v) is 8.98. The molecule has 3 nitrogen and oxygen atoms in total. The molecule has 1 aliphatic heterocycles. The highest BCUT2D eigenvalue weighted by Crippen LogP contribution is 2.27. The lowest BCUT2D eigenvalue weighted by Crippen LogP contribution is -2.42. The van der Waals surface area contributed by atoms with Crippen LogP contribution in [-0.4, -0.2) is 12.5 Å². The number of hydrogen-bond donors (Lipinski definition) is 2. The van der Waals surface area contributed by atoms with E-state index in [1.165, 1.54) is 6.07 Å². The lowest BCUT2D eigenvalue weighted by molar-refractivity contribution is 0.478. The van der Waals surface area contributed by atoms with Gasteiger partial charge in [0.15, 0.2) is 5.96 Å². The maximum absolute atomic E-state index is 13.0. The van der Waals surface area contributed by atoms with Crippen LogP contribution in [0.3, 0.4) is 0 Å². The van der Waals surface area contributed by atoms with Crippen LogP contribution in [0.2, 0.25) is 5.02 Å². The average molecular weight is 228 g/mol. The Hall–Kier alpha value is -1.29. The maximum Gasteiger partial charge on any atom is 0.189 e. The molecular weight excluding hydrogens is 217 g/mol. The molecule has 1 aliphatic rings. The molecule has 1 atom stereocenters. The number of hydrogen-bond acceptors (Lipinski definition) is 3. The molecule has 1 aromatic carbocycles. The second-order valence-corrected chi connectivity index (χ2v) is 4.19. The van der Waals surface area contributed by atoms with Gasteiger partial charge in [0.05, 0.1) is 17.1 Å². The van der Waals surface area contributed by atoms with Gasteiger partial charge in [0.25, 0.3) is 0 Å². The Morgan fingerprint density at radius 2 is 2.33 bits per heavy atom. The van der Waals surface area contributed by atoms with Gasteiger partial charge in [-0.15, -0.1) is 0 Å². The fourth-order valence-electron chi connectivity index (χ4n) is 1.61. The number of halogens is 2. The van der Waals surface area contributed by atoms with Crippen molar-refractivity contribution < 1.29 is 4.39 Å². The predicted molar refractivity (Wildman–Crippen MR) is 58.4 cm³/mol. The lowest BCUT2D eigenvalue weighted by Gasteiger charge is -2.24. The molecule has 2 rings (SSSR count). The Kier molecular flexibility index (Phi) is 2.31. The summed E-state index contributed by atoms with van der Waals surface area (Å²) in [6, 6.07) is 4.62. The van der Waals surface area contributed by atoms with E-state index < -0.39 is 5.82 Å². The molecule has 80 valence electrons. The molecule has 0 aliphatic carbocycles. The molecule has 0 bridgehead atoms. The molecule has 0 saturated carbocycles. The van der Waals surface area contributed by atoms with Crippen LogP contribution in [0.1, 0.15) is 12.5 Å². The van der Waals surface area contributed by atoms with E-state index in [0.717, 1.165) is 5.56 Å². The summed E-state index contributed by atoms with van der Waals surface area (Å²) >= 11 is 5.72. The van der Waals surface area contributed by atoms with Crippen molar-refractivity contribution in [1.29, 1.82) is 0 Å². The summed E-state index contributed by atoms with van der Waals surface area (Å²) in [4.78, 5) is 4.06. The Balaban J connectivity index is 2.34. The van der Waals surface area contributed by atoms with E-state index in [9.17, 15) is 4.39 Å². The summed E-state index contributed by atoms with van der Waals surface area (Å²) in [5.74, 6) is -0.0196. The molecule has 0 saturated heterocycles. The quantitative estimate of drug-likeness (QED) is 0.766. The molecule has 15 heavy (non-hydrogen) atoms. The van der Waals surface area contributed by atoms with Crippen molar-refractivity contribution in [1.82, 2.24) is 5.32 Å². The second-order valence-electron chi connectivity index (χ2n) is 3.79. The number of aliphatic imine (C=N–C) groups is 1. The molecule has 1 heterocycles. The van der Waals surface area contributed by atoms with E-state index >= 15 is 0 Å². The average Bonchev–Trinajstić information content (AvgIpc) is 2.52. The molecule has 3 N–H and O–H groups in total. The Labute approximate surface area is 92.1 Å². The SMILES string of the molecule is CC1(c2ccc(F)c(Cl)c2)CN=C(N)N1. The third-order valence-corrected chi connectivity index (χ3v) is 2.82. The van der Waals surface area contributed by atoms with Gasteiger partial charge in [-0.2, -0.15) is 0 Å². The monoisotopic (exact) mass is 227 g/mol. The van der Waals surface area contributed by atoms with E-state index in [0.29, 0.717) is 12.5 Å². The smallest absolute Gasteiger partial charge is 0.189 e. The minimum absolute atomic E-state index is 0.112. The zero-order valence-electron chi connectivity index (χ0n) is 8.22. The third kappa shape index (κ3) is 1.77. The van der Waals surface area contributed by atoms with Gasteiger partial charge < -0.3 is 11.1 Å². The van der Waals surface area contributed by atoms with Gasteiger partial charge >= 0.3 is 0 Å². The summed E-state index contributed by atoms with van der Waals surface area (Å²) in [5.41, 5.74) is 6.03. The van der Waals surface area contributed by atoms with E-state index in [-0.39, 0.29) is 10.6 Å². The number of guanidine groups is 1. The molecule has 0 radical (unpaired) electrons. The fourth-order valence-corrected chi connectivity index (χ4v) is 1.79. The predicted octanol–water partition coefficient (Wildman–Crippen LogP) is 1.61. The topological polar surface area (TPSA) is 50.4 Å². The van der Waals surface area contributed by atoms with Crippen molar-refractivity contribution in [3.63, 3.8) is 0 Å². The summed E-state index contributed by atoms with van der Waals surface area (Å²) in [6.07, 6.45) is 0. The number of benzene rings is 1. The minimum atomic E-state index is -0.420. The van der Waals surface area contributed by atoms with Gasteiger partial charge in [0.2, 0.25) is 0 Å². The number of rotatable bonds is 1. The van der Waals surface area contributed by atoms with Gasteiger partial charge in [0, 0.05) is 0 Å². The minimum Gasteiger partial charge on any atom is -0.370 e. The molecule has 0 amide bonds. The molecule has 1 aromatic rings. The van der Waals surface area contributed by atoms with E-state index in [2.05, 4.69) is 10.3 Å². The van der Waals surface area contributed by atoms with E-state index in [1.54, 1.807) is 12.1 Å². The van der Waals surface area contributed by atoms with Gasteiger partial charge in [-0.25, -0.2) is 4.39 Å². The third-order valence-electron chi connectivity index (χ3n) is 2.53. The fraction of sp³-hybridized carbons (Fsp3) is 0.300. The molecular formula is C10H11ClFN3. The van der Waals surface area contributed by atoms with Crippen LogP contribution in [-0.2, 0) is 5.54 Å². The van der Waals surface area contributed by atoms with Gasteiger partial charge in [-0.1, -0.05) is 17.7 Å². The Bertz CT molecular complexity index is 433. The summed E-state index contributed by atoms with van der Waals surface area (Å²) in [6.45, 7) is 2.47. The van der Waals surface area contributed by atoms with Crippen LogP contribution in [0.4, 0.5) is 4.39 Å². The Morgan fingerprint density at radius 1 is 1.60 bits per heavy atom. The first-order chi connectivity index (χ1) is 7.01. The molecule has 0 fully saturated rings. The highest BCUT2D eigenvalue weighted by atomic mass is 35.5. The first kappa shape index (κ1) is 10.2. The standard InChI is InChI=1S/C10H11ClFN3/c1-10(5-14-9(13)15-10)6-2-3-8(12)7(11)4-6/h2-4H,5H2,1H3,(H3,13,14,15). The van der Waals surface area contributed by atoms with Crippen molar-refractivity contribution in [2.24, 2.45) is 10.7 Å². The first-order valence-electron chi connectivity index (χ1n) is 4.55. The number of nitrogens with two attached hydrogens (primary N) is 1. The van der Waals surface area contributed by atoms with E-state index in [1.807, 2.05) is 6.92 Å². The highest BCUT2D eigenvalue weighted by molar-refractivity contribution is 6.30. The van der Waals surface area contributed by atoms with Crippen LogP contribution >= 0.6 is 11.6 Å². The van der Waals surface area contributed by atoms with Gasteiger partial charge in [0.1, 0.15) is 5.82 Å².